The zero-order chi connectivity index (χ0) is 11.0. The van der Waals surface area contributed by atoms with Crippen molar-refractivity contribution in [1.82, 2.24) is 10.6 Å². The fourth-order valence-electron chi connectivity index (χ4n) is 0.938. The van der Waals surface area contributed by atoms with E-state index < -0.39 is 5.97 Å². The van der Waals surface area contributed by atoms with Crippen molar-refractivity contribution >= 4 is 12.0 Å². The molecule has 0 heterocycles. The quantitative estimate of drug-likeness (QED) is 0.596. The Morgan fingerprint density at radius 1 is 1.36 bits per heavy atom. The first-order valence-electron chi connectivity index (χ1n) is 4.79. The van der Waals surface area contributed by atoms with Crippen LogP contribution in [0.2, 0.25) is 0 Å². The number of carboxylic acids is 1. The Balaban J connectivity index is 3.50. The molecule has 1 atom stereocenters. The van der Waals surface area contributed by atoms with Gasteiger partial charge in [-0.1, -0.05) is 13.8 Å². The molecule has 0 fully saturated rings. The molecule has 1 unspecified atom stereocenters. The Bertz CT molecular complexity index is 194. The van der Waals surface area contributed by atoms with Gasteiger partial charge in [-0.05, 0) is 12.3 Å². The molecule has 5 heteroatoms. The first-order chi connectivity index (χ1) is 6.56. The minimum Gasteiger partial charge on any atom is -0.481 e. The third-order valence-corrected chi connectivity index (χ3v) is 1.67. The second kappa shape index (κ2) is 7.17. The van der Waals surface area contributed by atoms with Gasteiger partial charge in [-0.15, -0.1) is 0 Å². The number of carboxylic acid groups (broad SMARTS) is 1. The van der Waals surface area contributed by atoms with Gasteiger partial charge in [0, 0.05) is 19.5 Å². The van der Waals surface area contributed by atoms with E-state index >= 15 is 0 Å². The first kappa shape index (κ1) is 12.7. The molecule has 0 rings (SSSR count). The molecule has 0 spiro atoms. The Kier molecular flexibility index (Phi) is 6.53. The number of aliphatic carboxylic acids is 1. The van der Waals surface area contributed by atoms with E-state index in [1.807, 2.05) is 6.92 Å². The maximum absolute atomic E-state index is 11.0. The van der Waals surface area contributed by atoms with Gasteiger partial charge in [0.1, 0.15) is 0 Å². The zero-order valence-electron chi connectivity index (χ0n) is 8.67. The smallest absolute Gasteiger partial charge is 0.314 e. The fourth-order valence-corrected chi connectivity index (χ4v) is 0.938. The molecule has 14 heavy (non-hydrogen) atoms. The lowest BCUT2D eigenvalue weighted by atomic mass is 10.1. The van der Waals surface area contributed by atoms with Crippen molar-refractivity contribution in [3.63, 3.8) is 0 Å². The SMILES string of the molecule is CCCNC(=O)NCC(C)CC(=O)O. The highest BCUT2D eigenvalue weighted by Crippen LogP contribution is 1.98. The fraction of sp³-hybridized carbons (Fsp3) is 0.778. The van der Waals surface area contributed by atoms with Gasteiger partial charge in [0.15, 0.2) is 0 Å². The van der Waals surface area contributed by atoms with Crippen molar-refractivity contribution in [3.05, 3.63) is 0 Å². The lowest BCUT2D eigenvalue weighted by molar-refractivity contribution is -0.137. The van der Waals surface area contributed by atoms with Crippen molar-refractivity contribution in [2.75, 3.05) is 13.1 Å². The summed E-state index contributed by atoms with van der Waals surface area (Å²) in [6.07, 6.45) is 0.964. The second-order valence-corrected chi connectivity index (χ2v) is 3.34. The average Bonchev–Trinajstić information content (AvgIpc) is 2.10. The average molecular weight is 202 g/mol. The number of rotatable bonds is 6. The van der Waals surface area contributed by atoms with Crippen molar-refractivity contribution in [2.24, 2.45) is 5.92 Å². The molecule has 0 saturated heterocycles. The van der Waals surface area contributed by atoms with Crippen molar-refractivity contribution in [1.29, 1.82) is 0 Å². The van der Waals surface area contributed by atoms with Gasteiger partial charge in [0.25, 0.3) is 0 Å². The number of nitrogens with one attached hydrogen (secondary N) is 2. The summed E-state index contributed by atoms with van der Waals surface area (Å²) in [6.45, 7) is 4.78. The summed E-state index contributed by atoms with van der Waals surface area (Å²) in [4.78, 5) is 21.3. The molecule has 0 aliphatic rings. The molecular formula is C9H18N2O3. The minimum absolute atomic E-state index is 0.0418. The Morgan fingerprint density at radius 3 is 2.50 bits per heavy atom. The van der Waals surface area contributed by atoms with Crippen LogP contribution >= 0.6 is 0 Å². The van der Waals surface area contributed by atoms with E-state index in [4.69, 9.17) is 5.11 Å². The number of hydrogen-bond donors (Lipinski definition) is 3. The number of hydrogen-bond acceptors (Lipinski definition) is 2. The minimum atomic E-state index is -0.840. The van der Waals surface area contributed by atoms with Crippen LogP contribution < -0.4 is 10.6 Å². The van der Waals surface area contributed by atoms with E-state index in [0.717, 1.165) is 6.42 Å². The second-order valence-electron chi connectivity index (χ2n) is 3.34. The van der Waals surface area contributed by atoms with Gasteiger partial charge in [-0.25, -0.2) is 4.79 Å². The number of amides is 2. The molecule has 0 aromatic carbocycles. The first-order valence-corrected chi connectivity index (χ1v) is 4.79. The molecule has 5 nitrogen and oxygen atoms in total. The standard InChI is InChI=1S/C9H18N2O3/c1-3-4-10-9(14)11-6-7(2)5-8(12)13/h7H,3-6H2,1-2H3,(H,12,13)(H2,10,11,14). The third-order valence-electron chi connectivity index (χ3n) is 1.67. The molecule has 0 radical (unpaired) electrons. The molecule has 0 aromatic heterocycles. The van der Waals surface area contributed by atoms with E-state index in [0.29, 0.717) is 13.1 Å². The normalized spacial score (nSPS) is 11.9. The van der Waals surface area contributed by atoms with Crippen LogP contribution in [0.1, 0.15) is 26.7 Å². The van der Waals surface area contributed by atoms with E-state index in [9.17, 15) is 9.59 Å². The predicted molar refractivity (Wildman–Crippen MR) is 53.1 cm³/mol. The molecule has 0 aliphatic carbocycles. The molecule has 0 saturated carbocycles. The molecule has 82 valence electrons. The third kappa shape index (κ3) is 7.39. The molecule has 3 N–H and O–H groups in total. The largest absolute Gasteiger partial charge is 0.481 e. The van der Waals surface area contributed by atoms with Crippen LogP contribution in [0, 0.1) is 5.92 Å². The van der Waals surface area contributed by atoms with Crippen LogP contribution in [0.15, 0.2) is 0 Å². The summed E-state index contributed by atoms with van der Waals surface area (Å²) in [7, 11) is 0. The van der Waals surface area contributed by atoms with Crippen LogP contribution in [-0.4, -0.2) is 30.2 Å². The van der Waals surface area contributed by atoms with Crippen LogP contribution in [0.4, 0.5) is 4.79 Å². The number of urea groups is 1. The maximum Gasteiger partial charge on any atom is 0.314 e. The Morgan fingerprint density at radius 2 is 2.00 bits per heavy atom. The van der Waals surface area contributed by atoms with Crippen molar-refractivity contribution < 1.29 is 14.7 Å². The molecule has 0 bridgehead atoms. The van der Waals surface area contributed by atoms with Gasteiger partial charge in [0.05, 0.1) is 0 Å². The topological polar surface area (TPSA) is 78.4 Å². The van der Waals surface area contributed by atoms with Crippen LogP contribution in [0.25, 0.3) is 0 Å². The maximum atomic E-state index is 11.0. The number of carbonyl (C=O) groups is 2. The summed E-state index contributed by atoms with van der Waals surface area (Å²) in [5.41, 5.74) is 0. The highest BCUT2D eigenvalue weighted by atomic mass is 16.4. The lowest BCUT2D eigenvalue weighted by Gasteiger charge is -2.10. The van der Waals surface area contributed by atoms with Gasteiger partial charge in [-0.3, -0.25) is 4.79 Å². The summed E-state index contributed by atoms with van der Waals surface area (Å²) in [5, 5.41) is 13.7. The Labute approximate surface area is 83.9 Å². The molecule has 2 amide bonds. The van der Waals surface area contributed by atoms with Crippen LogP contribution in [0.5, 0.6) is 0 Å². The van der Waals surface area contributed by atoms with E-state index in [-0.39, 0.29) is 18.4 Å². The van der Waals surface area contributed by atoms with Crippen molar-refractivity contribution in [2.45, 2.75) is 26.7 Å². The Hall–Kier alpha value is -1.26. The van der Waals surface area contributed by atoms with E-state index in [1.165, 1.54) is 0 Å². The predicted octanol–water partition coefficient (Wildman–Crippen LogP) is 0.806. The van der Waals surface area contributed by atoms with Crippen molar-refractivity contribution in [3.8, 4) is 0 Å². The lowest BCUT2D eigenvalue weighted by Crippen LogP contribution is -2.38. The highest BCUT2D eigenvalue weighted by Gasteiger charge is 2.08. The molecule has 0 aliphatic heterocycles. The monoisotopic (exact) mass is 202 g/mol. The van der Waals surface area contributed by atoms with Gasteiger partial charge in [-0.2, -0.15) is 0 Å². The summed E-state index contributed by atoms with van der Waals surface area (Å²) < 4.78 is 0. The number of carbonyl (C=O) groups excluding carboxylic acids is 1. The highest BCUT2D eigenvalue weighted by molar-refractivity contribution is 5.73. The van der Waals surface area contributed by atoms with Gasteiger partial charge in [0.2, 0.25) is 0 Å². The molecular weight excluding hydrogens is 184 g/mol. The summed E-state index contributed by atoms with van der Waals surface area (Å²) >= 11 is 0. The van der Waals surface area contributed by atoms with E-state index in [1.54, 1.807) is 6.92 Å². The van der Waals surface area contributed by atoms with Gasteiger partial charge < -0.3 is 15.7 Å². The van der Waals surface area contributed by atoms with E-state index in [2.05, 4.69) is 10.6 Å². The summed E-state index contributed by atoms with van der Waals surface area (Å²) in [6, 6.07) is -0.232. The molecule has 0 aromatic rings. The van der Waals surface area contributed by atoms with Gasteiger partial charge >= 0.3 is 12.0 Å². The van der Waals surface area contributed by atoms with Crippen LogP contribution in [0.3, 0.4) is 0 Å². The zero-order valence-corrected chi connectivity index (χ0v) is 8.67. The van der Waals surface area contributed by atoms with Crippen LogP contribution in [-0.2, 0) is 4.79 Å². The summed E-state index contributed by atoms with van der Waals surface area (Å²) in [5.74, 6) is -0.881.